The van der Waals surface area contributed by atoms with Crippen molar-refractivity contribution in [2.45, 2.75) is 50.9 Å². The van der Waals surface area contributed by atoms with Crippen LogP contribution >= 0.6 is 0 Å². The molecule has 0 aliphatic carbocycles. The Balaban J connectivity index is 2.68. The van der Waals surface area contributed by atoms with Gasteiger partial charge in [-0.3, -0.25) is 0 Å². The molecule has 0 spiro atoms. The molecule has 5 nitrogen and oxygen atoms in total. The van der Waals surface area contributed by atoms with Crippen molar-refractivity contribution >= 4 is 10.0 Å². The first kappa shape index (κ1) is 15.4. The maximum Gasteiger partial charge on any atom is 0.230 e. The summed E-state index contributed by atoms with van der Waals surface area (Å²) < 4.78 is 31.5. The molecule has 1 aliphatic rings. The topological polar surface area (TPSA) is 70.4 Å². The predicted octanol–water partition coefficient (Wildman–Crippen LogP) is 1.51. The van der Waals surface area contributed by atoms with E-state index in [9.17, 15) is 8.42 Å². The molecule has 1 heterocycles. The number of nitrogens with zero attached hydrogens (tertiary/aromatic N) is 2. The first-order chi connectivity index (χ1) is 8.56. The van der Waals surface area contributed by atoms with Crippen LogP contribution in [0.25, 0.3) is 0 Å². The predicted molar refractivity (Wildman–Crippen MR) is 69.4 cm³/mol. The number of piperidine rings is 1. The zero-order valence-electron chi connectivity index (χ0n) is 11.1. The lowest BCUT2D eigenvalue weighted by Gasteiger charge is -2.32. The summed E-state index contributed by atoms with van der Waals surface area (Å²) in [4.78, 5) is 0. The van der Waals surface area contributed by atoms with Crippen molar-refractivity contribution in [1.29, 1.82) is 5.26 Å². The zero-order valence-corrected chi connectivity index (χ0v) is 11.9. The van der Waals surface area contributed by atoms with Gasteiger partial charge in [0.2, 0.25) is 10.0 Å². The van der Waals surface area contributed by atoms with E-state index in [0.29, 0.717) is 26.1 Å². The third kappa shape index (κ3) is 3.67. The summed E-state index contributed by atoms with van der Waals surface area (Å²) in [6, 6.07) is 1.88. The van der Waals surface area contributed by atoms with Crippen LogP contribution in [0.5, 0.6) is 0 Å². The molecule has 1 saturated heterocycles. The highest BCUT2D eigenvalue weighted by molar-refractivity contribution is 7.90. The Morgan fingerprint density at radius 3 is 2.78 bits per heavy atom. The van der Waals surface area contributed by atoms with E-state index < -0.39 is 15.3 Å². The Morgan fingerprint density at radius 2 is 2.22 bits per heavy atom. The average molecular weight is 274 g/mol. The molecule has 0 bridgehead atoms. The second-order valence-corrected chi connectivity index (χ2v) is 6.68. The minimum absolute atomic E-state index is 0.0235. The highest BCUT2D eigenvalue weighted by atomic mass is 32.2. The van der Waals surface area contributed by atoms with Gasteiger partial charge in [0, 0.05) is 19.7 Å². The van der Waals surface area contributed by atoms with Crippen molar-refractivity contribution in [2.75, 3.05) is 19.7 Å². The molecule has 104 valence electrons. The van der Waals surface area contributed by atoms with Gasteiger partial charge in [0.25, 0.3) is 0 Å². The molecule has 1 rings (SSSR count). The summed E-state index contributed by atoms with van der Waals surface area (Å²) in [6.45, 7) is 5.31. The number of sulfonamides is 1. The van der Waals surface area contributed by atoms with Crippen molar-refractivity contribution in [3.8, 4) is 6.07 Å². The zero-order chi connectivity index (χ0) is 13.6. The fourth-order valence-electron chi connectivity index (χ4n) is 2.11. The molecule has 1 aliphatic heterocycles. The van der Waals surface area contributed by atoms with E-state index in [0.717, 1.165) is 19.3 Å². The van der Waals surface area contributed by atoms with Gasteiger partial charge in [0.15, 0.2) is 5.25 Å². The summed E-state index contributed by atoms with van der Waals surface area (Å²) in [5.41, 5.74) is 0. The Morgan fingerprint density at radius 1 is 1.50 bits per heavy atom. The first-order valence-electron chi connectivity index (χ1n) is 6.56. The second kappa shape index (κ2) is 7.07. The Kier molecular flexibility index (Phi) is 6.06. The Labute approximate surface area is 110 Å². The number of nitriles is 1. The Bertz CT molecular complexity index is 389. The van der Waals surface area contributed by atoms with Gasteiger partial charge in [-0.15, -0.1) is 0 Å². The van der Waals surface area contributed by atoms with Crippen molar-refractivity contribution in [3.05, 3.63) is 0 Å². The third-order valence-corrected chi connectivity index (χ3v) is 5.34. The lowest BCUT2D eigenvalue weighted by molar-refractivity contribution is 0.0192. The molecule has 2 atom stereocenters. The van der Waals surface area contributed by atoms with Crippen LogP contribution in [-0.4, -0.2) is 43.8 Å². The van der Waals surface area contributed by atoms with Gasteiger partial charge in [0.1, 0.15) is 0 Å². The van der Waals surface area contributed by atoms with E-state index >= 15 is 0 Å². The van der Waals surface area contributed by atoms with Crippen LogP contribution < -0.4 is 0 Å². The van der Waals surface area contributed by atoms with Gasteiger partial charge in [-0.1, -0.05) is 13.8 Å². The fraction of sp³-hybridized carbons (Fsp3) is 0.917. The molecule has 0 amide bonds. The fourth-order valence-corrected chi connectivity index (χ4v) is 3.78. The van der Waals surface area contributed by atoms with E-state index in [4.69, 9.17) is 10.00 Å². The number of rotatable bonds is 6. The van der Waals surface area contributed by atoms with Gasteiger partial charge < -0.3 is 4.74 Å². The van der Waals surface area contributed by atoms with Gasteiger partial charge in [-0.25, -0.2) is 8.42 Å². The third-order valence-electron chi connectivity index (χ3n) is 3.13. The van der Waals surface area contributed by atoms with Crippen LogP contribution in [0.15, 0.2) is 0 Å². The molecular weight excluding hydrogens is 252 g/mol. The van der Waals surface area contributed by atoms with Crippen molar-refractivity contribution in [3.63, 3.8) is 0 Å². The summed E-state index contributed by atoms with van der Waals surface area (Å²) >= 11 is 0. The summed E-state index contributed by atoms with van der Waals surface area (Å²) in [5, 5.41) is 7.98. The standard InChI is InChI=1S/C12H22N2O3S/c1-3-8-17-11-6-5-7-14(10-11)18(15,16)12(4-2)9-13/h11-12H,3-8,10H2,1-2H3. The molecule has 0 saturated carbocycles. The van der Waals surface area contributed by atoms with E-state index in [1.807, 2.05) is 13.0 Å². The average Bonchev–Trinajstić information content (AvgIpc) is 2.38. The Hall–Kier alpha value is -0.640. The SMILES string of the molecule is CCCOC1CCCN(S(=O)(=O)C(C#N)CC)C1. The lowest BCUT2D eigenvalue weighted by atomic mass is 10.1. The number of hydrogen-bond acceptors (Lipinski definition) is 4. The molecule has 0 radical (unpaired) electrons. The van der Waals surface area contributed by atoms with Gasteiger partial charge in [-0.05, 0) is 25.7 Å². The molecule has 0 N–H and O–H groups in total. The van der Waals surface area contributed by atoms with E-state index in [2.05, 4.69) is 0 Å². The lowest BCUT2D eigenvalue weighted by Crippen LogP contribution is -2.46. The van der Waals surface area contributed by atoms with Gasteiger partial charge >= 0.3 is 0 Å². The highest BCUT2D eigenvalue weighted by Crippen LogP contribution is 2.20. The molecule has 0 aromatic rings. The van der Waals surface area contributed by atoms with Crippen LogP contribution in [0.3, 0.4) is 0 Å². The van der Waals surface area contributed by atoms with Crippen LogP contribution in [-0.2, 0) is 14.8 Å². The smallest absolute Gasteiger partial charge is 0.230 e. The molecule has 6 heteroatoms. The maximum absolute atomic E-state index is 12.2. The molecule has 0 aromatic heterocycles. The van der Waals surface area contributed by atoms with Crippen LogP contribution in [0.1, 0.15) is 39.5 Å². The highest BCUT2D eigenvalue weighted by Gasteiger charge is 2.34. The summed E-state index contributed by atoms with van der Waals surface area (Å²) in [5.74, 6) is 0. The normalized spacial score (nSPS) is 23.5. The van der Waals surface area contributed by atoms with Gasteiger partial charge in [0.05, 0.1) is 12.2 Å². The largest absolute Gasteiger partial charge is 0.377 e. The van der Waals surface area contributed by atoms with E-state index in [-0.39, 0.29) is 6.10 Å². The van der Waals surface area contributed by atoms with Crippen molar-refractivity contribution < 1.29 is 13.2 Å². The molecule has 1 fully saturated rings. The molecular formula is C12H22N2O3S. The second-order valence-electron chi connectivity index (χ2n) is 4.56. The molecule has 2 unspecified atom stereocenters. The van der Waals surface area contributed by atoms with Crippen LogP contribution in [0.4, 0.5) is 0 Å². The van der Waals surface area contributed by atoms with Crippen molar-refractivity contribution in [2.24, 2.45) is 0 Å². The van der Waals surface area contributed by atoms with Crippen LogP contribution in [0, 0.1) is 11.3 Å². The molecule has 0 aromatic carbocycles. The van der Waals surface area contributed by atoms with Gasteiger partial charge in [-0.2, -0.15) is 9.57 Å². The first-order valence-corrected chi connectivity index (χ1v) is 8.06. The number of hydrogen-bond donors (Lipinski definition) is 0. The minimum Gasteiger partial charge on any atom is -0.377 e. The number of ether oxygens (including phenoxy) is 1. The monoisotopic (exact) mass is 274 g/mol. The molecule has 18 heavy (non-hydrogen) atoms. The van der Waals surface area contributed by atoms with Crippen LogP contribution in [0.2, 0.25) is 0 Å². The van der Waals surface area contributed by atoms with E-state index in [1.165, 1.54) is 4.31 Å². The quantitative estimate of drug-likeness (QED) is 0.736. The minimum atomic E-state index is -3.49. The maximum atomic E-state index is 12.2. The summed E-state index contributed by atoms with van der Waals surface area (Å²) in [7, 11) is -3.49. The van der Waals surface area contributed by atoms with Crippen molar-refractivity contribution in [1.82, 2.24) is 4.31 Å². The van der Waals surface area contributed by atoms with E-state index in [1.54, 1.807) is 6.92 Å². The summed E-state index contributed by atoms with van der Waals surface area (Å²) in [6.07, 6.45) is 2.93.